The first-order chi connectivity index (χ1) is 68.7. The van der Waals surface area contributed by atoms with Crippen LogP contribution in [0.15, 0.2) is 109 Å². The van der Waals surface area contributed by atoms with Crippen molar-refractivity contribution < 1.29 is 107 Å². The van der Waals surface area contributed by atoms with Gasteiger partial charge in [0.15, 0.2) is 33.9 Å². The Kier molecular flexibility index (Phi) is 35.0. The molecule has 8 aromatic rings. The number of nitrogens with one attached hydrogen (secondary N) is 8. The van der Waals surface area contributed by atoms with E-state index in [1.807, 2.05) is 146 Å². The van der Waals surface area contributed by atoms with Gasteiger partial charge in [-0.1, -0.05) is 243 Å². The van der Waals surface area contributed by atoms with Gasteiger partial charge in [0.1, 0.15) is 65.1 Å². The summed E-state index contributed by atoms with van der Waals surface area (Å²) in [7, 11) is 0. The summed E-state index contributed by atoms with van der Waals surface area (Å²) in [5.74, 6) is -9.04. The van der Waals surface area contributed by atoms with Gasteiger partial charge in [0.05, 0.1) is 47.3 Å². The van der Waals surface area contributed by atoms with Crippen LogP contribution in [0.3, 0.4) is 0 Å². The molecule has 30 heteroatoms. The van der Waals surface area contributed by atoms with E-state index in [4.69, 9.17) is 37.9 Å². The number of esters is 8. The number of rotatable bonds is 54. The van der Waals surface area contributed by atoms with Crippen LogP contribution in [0.5, 0.6) is 0 Å². The van der Waals surface area contributed by atoms with Crippen LogP contribution in [0, 0.1) is 5.92 Å². The first-order valence-corrected chi connectivity index (χ1v) is 52.5. The highest BCUT2D eigenvalue weighted by atomic mass is 16.6. The van der Waals surface area contributed by atoms with Crippen LogP contribution in [-0.4, -0.2) is 191 Å². The summed E-state index contributed by atoms with van der Waals surface area (Å²) in [6.45, 7) is 13.4. The monoisotopic (exact) mass is 1960 g/mol. The first-order valence-electron chi connectivity index (χ1n) is 52.5. The number of ether oxygens (including phenoxy) is 8. The van der Waals surface area contributed by atoms with Gasteiger partial charge in [-0.15, -0.1) is 0 Å². The summed E-state index contributed by atoms with van der Waals surface area (Å²) >= 11 is 0. The number of carbonyl (C=O) groups excluding carboxylic acids is 8. The van der Waals surface area contributed by atoms with Crippen molar-refractivity contribution in [3.63, 3.8) is 0 Å². The van der Waals surface area contributed by atoms with Gasteiger partial charge in [0.2, 0.25) is 0 Å². The molecule has 6 atom stereocenters. The minimum atomic E-state index is -1.74. The molecule has 0 saturated heterocycles. The predicted octanol–water partition coefficient (Wildman–Crippen LogP) is 19.1. The van der Waals surface area contributed by atoms with Gasteiger partial charge in [0, 0.05) is 143 Å². The van der Waals surface area contributed by atoms with Crippen molar-refractivity contribution in [3.05, 3.63) is 148 Å². The maximum atomic E-state index is 14.2. The fraction of sp³-hybridized carbons (Fsp3) is 0.562. The molecule has 4 aliphatic heterocycles. The summed E-state index contributed by atoms with van der Waals surface area (Å²) in [5, 5.41) is 115. The van der Waals surface area contributed by atoms with E-state index in [9.17, 15) is 69.0 Å². The Morgan fingerprint density at radius 2 is 0.451 bits per heavy atom. The molecule has 0 radical (unpaired) electrons. The molecule has 766 valence electrons. The molecule has 0 amide bonds. The van der Waals surface area contributed by atoms with Crippen LogP contribution < -0.4 is 42.5 Å². The van der Waals surface area contributed by atoms with E-state index in [2.05, 4.69) is 42.5 Å². The SMILES string of the molecule is CCCCCC(=O)OCC1(COC(=O)CCCCC)Nc2cccc3ccc([C+]4C(O)C(c5ccc6ccc(C7C(O)C(c8ccc9ccc(C%10C(O)C(c%11ccc%12cccc%13c%12c%11NC(COC(=O)CCCCC)(COC(=O)CCCCC)N%13)C%10O)c%10c9c8NC(COC(=O)CCCCC)(COC(=O)CCCCC)N%10)C7O)c7c6c5NC(COC(=O)CCCCC)(COC(=O)CCCCC)N7)C4O)c(c23)N1. The molecule has 4 heterocycles. The van der Waals surface area contributed by atoms with Crippen molar-refractivity contribution in [1.82, 2.24) is 0 Å². The number of hydrogen-bond donors (Lipinski definition) is 14. The lowest BCUT2D eigenvalue weighted by molar-refractivity contribution is -0.150. The van der Waals surface area contributed by atoms with E-state index < -0.39 is 163 Å². The van der Waals surface area contributed by atoms with Crippen molar-refractivity contribution >= 4 is 136 Å². The van der Waals surface area contributed by atoms with Gasteiger partial charge in [-0.05, 0) is 107 Å². The normalized spacial score (nSPS) is 21.3. The number of anilines is 8. The molecule has 0 bridgehead atoms. The molecule has 3 saturated carbocycles. The van der Waals surface area contributed by atoms with Crippen molar-refractivity contribution in [2.45, 2.75) is 350 Å². The number of aliphatic hydroxyl groups is 6. The third-order valence-corrected chi connectivity index (χ3v) is 29.6. The molecule has 14 N–H and O–H groups in total. The Morgan fingerprint density at radius 1 is 0.246 bits per heavy atom. The second-order valence-electron chi connectivity index (χ2n) is 40.3. The van der Waals surface area contributed by atoms with E-state index in [0.717, 1.165) is 119 Å². The van der Waals surface area contributed by atoms with Gasteiger partial charge in [-0.25, -0.2) is 0 Å². The second-order valence-corrected chi connectivity index (χ2v) is 40.3. The Hall–Kier alpha value is -11.4. The molecule has 3 fully saturated rings. The molecular formula is C112H147N8O22+. The number of carbonyl (C=O) groups is 8. The average Bonchev–Trinajstić information content (AvgIpc) is 0.698. The molecule has 142 heavy (non-hydrogen) atoms. The molecule has 15 rings (SSSR count). The first kappa shape index (κ1) is 105. The largest absolute Gasteiger partial charge is 0.461 e. The fourth-order valence-electron chi connectivity index (χ4n) is 21.7. The third kappa shape index (κ3) is 22.9. The standard InChI is InChI=1S/C112H147N8O22/c1-9-17-25-39-79(121)135-59-109(60-136-80(122)40-26-18-10-2)113-77-37-33-35-67-47-53-71(97(115-109)87(67)77)91-103(129)93(104(91)130)73-55-49-69-51-57-75(101-89(69)99(73)117-111(119-101,63-139-83(125)43-29-21-13-5)64-140-84(126)44-30-22-14-6)95-107(133)96(108(95)134)76-58-52-70-50-56-74(100-90(70)102(76)120-112(118-100,65-141-85(127)45-31-23-15-7)66-142-86(128)46-32-24-16-8)94-105(131)92(106(94)132)72-54-48-68-36-34-38-78-88(68)98(72)116-110(114-78,61-137-81(123)41-27-19-11-3)62-138-82(124)42-28-20-12-4/h33-38,47-58,91,93-96,103-108,113-120,129-134H,9-32,39-46,59-66H2,1-8H3/q+1. The molecule has 30 nitrogen and oxygen atoms in total. The lowest BCUT2D eigenvalue weighted by atomic mass is 9.61. The van der Waals surface area contributed by atoms with Crippen molar-refractivity contribution in [1.29, 1.82) is 0 Å². The molecule has 7 aliphatic rings. The summed E-state index contributed by atoms with van der Waals surface area (Å²) < 4.78 is 49.4. The molecular weight excluding hydrogens is 1810 g/mol. The minimum absolute atomic E-state index is 0.0723. The lowest BCUT2D eigenvalue weighted by Gasteiger charge is -2.51. The minimum Gasteiger partial charge on any atom is -0.461 e. The topological polar surface area (TPSA) is 428 Å². The molecule has 0 spiro atoms. The smallest absolute Gasteiger partial charge is 0.305 e. The van der Waals surface area contributed by atoms with Crippen LogP contribution >= 0.6 is 0 Å². The van der Waals surface area contributed by atoms with Gasteiger partial charge >= 0.3 is 47.8 Å². The zero-order chi connectivity index (χ0) is 101. The van der Waals surface area contributed by atoms with E-state index in [-0.39, 0.29) is 83.7 Å². The van der Waals surface area contributed by atoms with Crippen LogP contribution in [0.4, 0.5) is 45.5 Å². The zero-order valence-corrected chi connectivity index (χ0v) is 83.7. The summed E-state index contributed by atoms with van der Waals surface area (Å²) in [6.07, 6.45) is 10.4. The highest BCUT2D eigenvalue weighted by molar-refractivity contribution is 6.12. The summed E-state index contributed by atoms with van der Waals surface area (Å²) in [4.78, 5) is 111. The maximum absolute atomic E-state index is 14.2. The van der Waals surface area contributed by atoms with Crippen molar-refractivity contribution in [2.75, 3.05) is 95.4 Å². The van der Waals surface area contributed by atoms with Gasteiger partial charge in [0.25, 0.3) is 0 Å². The fourth-order valence-corrected chi connectivity index (χ4v) is 21.7. The number of aliphatic hydroxyl groups excluding tert-OH is 6. The van der Waals surface area contributed by atoms with Crippen molar-refractivity contribution in [2.24, 2.45) is 0 Å². The van der Waals surface area contributed by atoms with Crippen molar-refractivity contribution in [3.8, 4) is 0 Å². The predicted molar refractivity (Wildman–Crippen MR) is 549 cm³/mol. The number of benzene rings is 8. The van der Waals surface area contributed by atoms with Crippen LogP contribution in [0.2, 0.25) is 0 Å². The van der Waals surface area contributed by atoms with E-state index in [1.54, 1.807) is 18.2 Å². The van der Waals surface area contributed by atoms with Gasteiger partial charge in [-0.2, -0.15) is 0 Å². The molecule has 3 aliphatic carbocycles. The van der Waals surface area contributed by atoms with Crippen LogP contribution in [-0.2, 0) is 76.3 Å². The molecule has 0 aromatic heterocycles. The summed E-state index contributed by atoms with van der Waals surface area (Å²) in [5.41, 5.74) is -0.150. The van der Waals surface area contributed by atoms with Crippen LogP contribution in [0.1, 0.15) is 324 Å². The second kappa shape index (κ2) is 47.4. The Bertz CT molecular complexity index is 5350. The Balaban J connectivity index is 0.822. The highest BCUT2D eigenvalue weighted by Crippen LogP contribution is 2.62. The molecule has 6 unspecified atom stereocenters. The zero-order valence-electron chi connectivity index (χ0n) is 83.7. The van der Waals surface area contributed by atoms with Gasteiger partial charge < -0.3 is 111 Å². The highest BCUT2D eigenvalue weighted by Gasteiger charge is 2.61. The van der Waals surface area contributed by atoms with E-state index in [1.165, 1.54) is 0 Å². The van der Waals surface area contributed by atoms with Gasteiger partial charge in [-0.3, -0.25) is 38.4 Å². The maximum Gasteiger partial charge on any atom is 0.305 e. The van der Waals surface area contributed by atoms with Crippen LogP contribution in [0.25, 0.3) is 43.1 Å². The number of unbranched alkanes of at least 4 members (excludes halogenated alkanes) is 16. The number of hydrogen-bond acceptors (Lipinski definition) is 30. The molecule has 8 aromatic carbocycles. The Morgan fingerprint density at radius 3 is 0.697 bits per heavy atom. The average molecular weight is 1960 g/mol. The lowest BCUT2D eigenvalue weighted by Crippen LogP contribution is -2.59. The third-order valence-electron chi connectivity index (χ3n) is 29.6. The van der Waals surface area contributed by atoms with E-state index >= 15 is 0 Å². The van der Waals surface area contributed by atoms with E-state index in [0.29, 0.717) is 157 Å². The summed E-state index contributed by atoms with van der Waals surface area (Å²) in [6, 6.07) is 33.5. The quantitative estimate of drug-likeness (QED) is 0.00728. The Labute approximate surface area is 832 Å².